The zero-order valence-electron chi connectivity index (χ0n) is 7.56. The maximum absolute atomic E-state index is 11.1. The van der Waals surface area contributed by atoms with E-state index in [4.69, 9.17) is 15.6 Å². The second-order valence-corrected chi connectivity index (χ2v) is 3.37. The fraction of sp³-hybridized carbons (Fsp3) is 0.300. The van der Waals surface area contributed by atoms with Crippen LogP contribution in [0.1, 0.15) is 12.0 Å². The van der Waals surface area contributed by atoms with Crippen LogP contribution in [0.15, 0.2) is 24.3 Å². The van der Waals surface area contributed by atoms with E-state index in [-0.39, 0.29) is 0 Å². The van der Waals surface area contributed by atoms with Crippen LogP contribution in [0.25, 0.3) is 0 Å². The molecule has 1 heterocycles. The van der Waals surface area contributed by atoms with Gasteiger partial charge in [-0.15, -0.1) is 0 Å². The van der Waals surface area contributed by atoms with Crippen LogP contribution in [-0.2, 0) is 10.3 Å². The molecule has 0 saturated heterocycles. The highest BCUT2D eigenvalue weighted by molar-refractivity contribution is 5.82. The first-order chi connectivity index (χ1) is 6.64. The first-order valence-electron chi connectivity index (χ1n) is 4.39. The summed E-state index contributed by atoms with van der Waals surface area (Å²) in [6.07, 6.45) is 0.305. The van der Waals surface area contributed by atoms with Gasteiger partial charge in [-0.1, -0.05) is 18.2 Å². The highest BCUT2D eigenvalue weighted by atomic mass is 16.5. The van der Waals surface area contributed by atoms with Gasteiger partial charge in [-0.05, 0) is 6.07 Å². The SMILES string of the molecule is N[C@]1(C(=O)O)CCOc2ccccc21. The molecule has 0 saturated carbocycles. The predicted molar refractivity (Wildman–Crippen MR) is 50.1 cm³/mol. The number of rotatable bonds is 1. The van der Waals surface area contributed by atoms with Gasteiger partial charge in [-0.3, -0.25) is 0 Å². The molecule has 1 aliphatic heterocycles. The number of hydrogen-bond donors (Lipinski definition) is 2. The Bertz CT molecular complexity index is 377. The van der Waals surface area contributed by atoms with E-state index in [0.29, 0.717) is 24.3 Å². The molecule has 1 aliphatic rings. The molecule has 4 heteroatoms. The minimum atomic E-state index is -1.30. The van der Waals surface area contributed by atoms with Crippen LogP contribution in [0.5, 0.6) is 5.75 Å². The first-order valence-corrected chi connectivity index (χ1v) is 4.39. The summed E-state index contributed by atoms with van der Waals surface area (Å²) >= 11 is 0. The maximum atomic E-state index is 11.1. The van der Waals surface area contributed by atoms with Gasteiger partial charge in [-0.25, -0.2) is 4.79 Å². The van der Waals surface area contributed by atoms with Gasteiger partial charge in [-0.2, -0.15) is 0 Å². The van der Waals surface area contributed by atoms with Crippen molar-refractivity contribution in [1.82, 2.24) is 0 Å². The number of carbonyl (C=O) groups is 1. The van der Waals surface area contributed by atoms with E-state index in [1.54, 1.807) is 24.3 Å². The van der Waals surface area contributed by atoms with E-state index >= 15 is 0 Å². The second kappa shape index (κ2) is 2.99. The molecule has 0 radical (unpaired) electrons. The summed E-state index contributed by atoms with van der Waals surface area (Å²) in [5.41, 5.74) is 5.09. The van der Waals surface area contributed by atoms with Crippen LogP contribution < -0.4 is 10.5 Å². The molecule has 1 aromatic carbocycles. The number of benzene rings is 1. The van der Waals surface area contributed by atoms with E-state index in [1.165, 1.54) is 0 Å². The molecule has 0 unspecified atom stereocenters. The highest BCUT2D eigenvalue weighted by Gasteiger charge is 2.40. The van der Waals surface area contributed by atoms with Crippen LogP contribution in [0.2, 0.25) is 0 Å². The smallest absolute Gasteiger partial charge is 0.328 e. The maximum Gasteiger partial charge on any atom is 0.328 e. The number of carboxylic acids is 1. The molecule has 0 bridgehead atoms. The van der Waals surface area contributed by atoms with Crippen LogP contribution in [0, 0.1) is 0 Å². The van der Waals surface area contributed by atoms with Gasteiger partial charge in [0.15, 0.2) is 0 Å². The summed E-state index contributed by atoms with van der Waals surface area (Å²) in [5, 5.41) is 9.06. The summed E-state index contributed by atoms with van der Waals surface area (Å²) in [4.78, 5) is 11.1. The molecule has 74 valence electrons. The largest absolute Gasteiger partial charge is 0.493 e. The zero-order chi connectivity index (χ0) is 10.2. The molecule has 0 fully saturated rings. The lowest BCUT2D eigenvalue weighted by Crippen LogP contribution is -2.48. The van der Waals surface area contributed by atoms with Crippen LogP contribution in [0.3, 0.4) is 0 Å². The Morgan fingerprint density at radius 3 is 2.93 bits per heavy atom. The predicted octanol–water partition coefficient (Wildman–Crippen LogP) is 0.708. The van der Waals surface area contributed by atoms with Gasteiger partial charge < -0.3 is 15.6 Å². The summed E-state index contributed by atoms with van der Waals surface area (Å²) in [6, 6.07) is 6.99. The van der Waals surface area contributed by atoms with E-state index in [9.17, 15) is 4.79 Å². The van der Waals surface area contributed by atoms with Crippen molar-refractivity contribution in [2.45, 2.75) is 12.0 Å². The van der Waals surface area contributed by atoms with Gasteiger partial charge in [0.05, 0.1) is 6.61 Å². The molecule has 14 heavy (non-hydrogen) atoms. The Morgan fingerprint density at radius 2 is 2.21 bits per heavy atom. The number of carboxylic acid groups (broad SMARTS) is 1. The normalized spacial score (nSPS) is 24.9. The van der Waals surface area contributed by atoms with E-state index in [1.807, 2.05) is 0 Å². The molecule has 4 nitrogen and oxygen atoms in total. The Labute approximate surface area is 81.3 Å². The minimum Gasteiger partial charge on any atom is -0.493 e. The van der Waals surface area contributed by atoms with Crippen LogP contribution >= 0.6 is 0 Å². The number of nitrogens with two attached hydrogens (primary N) is 1. The summed E-state index contributed by atoms with van der Waals surface area (Å²) in [6.45, 7) is 0.347. The van der Waals surface area contributed by atoms with Crippen molar-refractivity contribution in [2.24, 2.45) is 5.73 Å². The van der Waals surface area contributed by atoms with Gasteiger partial charge in [0, 0.05) is 12.0 Å². The Morgan fingerprint density at radius 1 is 1.50 bits per heavy atom. The molecule has 0 aromatic heterocycles. The van der Waals surface area contributed by atoms with E-state index in [0.717, 1.165) is 0 Å². The number of para-hydroxylation sites is 1. The monoisotopic (exact) mass is 193 g/mol. The van der Waals surface area contributed by atoms with Crippen LogP contribution in [0.4, 0.5) is 0 Å². The Balaban J connectivity index is 2.55. The summed E-state index contributed by atoms with van der Waals surface area (Å²) in [7, 11) is 0. The number of ether oxygens (including phenoxy) is 1. The molecular formula is C10H11NO3. The highest BCUT2D eigenvalue weighted by Crippen LogP contribution is 2.34. The Hall–Kier alpha value is -1.55. The molecule has 2 rings (SSSR count). The van der Waals surface area contributed by atoms with Crippen molar-refractivity contribution in [2.75, 3.05) is 6.61 Å². The third-order valence-electron chi connectivity index (χ3n) is 2.50. The third-order valence-corrected chi connectivity index (χ3v) is 2.50. The summed E-state index contributed by atoms with van der Waals surface area (Å²) < 4.78 is 5.33. The van der Waals surface area contributed by atoms with Gasteiger partial charge >= 0.3 is 5.97 Å². The minimum absolute atomic E-state index is 0.305. The van der Waals surface area contributed by atoms with Gasteiger partial charge in [0.2, 0.25) is 0 Å². The molecule has 0 aliphatic carbocycles. The number of hydrogen-bond acceptors (Lipinski definition) is 3. The molecule has 0 amide bonds. The van der Waals surface area contributed by atoms with E-state index in [2.05, 4.69) is 0 Å². The molecule has 1 aromatic rings. The Kier molecular flexibility index (Phi) is 1.93. The van der Waals surface area contributed by atoms with Crippen molar-refractivity contribution in [3.63, 3.8) is 0 Å². The third kappa shape index (κ3) is 1.15. The number of fused-ring (bicyclic) bond motifs is 1. The fourth-order valence-electron chi connectivity index (χ4n) is 1.64. The van der Waals surface area contributed by atoms with Crippen molar-refractivity contribution in [1.29, 1.82) is 0 Å². The average Bonchev–Trinajstić information content (AvgIpc) is 2.18. The molecule has 3 N–H and O–H groups in total. The van der Waals surface area contributed by atoms with Crippen molar-refractivity contribution >= 4 is 5.97 Å². The second-order valence-electron chi connectivity index (χ2n) is 3.37. The van der Waals surface area contributed by atoms with Crippen molar-refractivity contribution < 1.29 is 14.6 Å². The first kappa shape index (κ1) is 9.02. The van der Waals surface area contributed by atoms with Crippen molar-refractivity contribution in [3.05, 3.63) is 29.8 Å². The van der Waals surface area contributed by atoms with Gasteiger partial charge in [0.1, 0.15) is 11.3 Å². The number of aliphatic carboxylic acids is 1. The lowest BCUT2D eigenvalue weighted by atomic mass is 9.86. The van der Waals surface area contributed by atoms with Crippen molar-refractivity contribution in [3.8, 4) is 5.75 Å². The van der Waals surface area contributed by atoms with E-state index < -0.39 is 11.5 Å². The standard InChI is InChI=1S/C10H11NO3/c11-10(9(12)13)5-6-14-8-4-2-1-3-7(8)10/h1-4H,5-6,11H2,(H,12,13)/t10-/m1/s1. The van der Waals surface area contributed by atoms with Gasteiger partial charge in [0.25, 0.3) is 0 Å². The average molecular weight is 193 g/mol. The lowest BCUT2D eigenvalue weighted by molar-refractivity contribution is -0.144. The molecule has 0 spiro atoms. The quantitative estimate of drug-likeness (QED) is 0.688. The van der Waals surface area contributed by atoms with Crippen LogP contribution in [-0.4, -0.2) is 17.7 Å². The lowest BCUT2D eigenvalue weighted by Gasteiger charge is -2.31. The molecular weight excluding hydrogens is 182 g/mol. The zero-order valence-corrected chi connectivity index (χ0v) is 7.56. The topological polar surface area (TPSA) is 72.6 Å². The molecule has 1 atom stereocenters. The fourth-order valence-corrected chi connectivity index (χ4v) is 1.64. The summed E-state index contributed by atoms with van der Waals surface area (Å²) in [5.74, 6) is -0.433.